The number of carbonyl (C=O) groups excluding carboxylic acids is 2. The first-order valence-electron chi connectivity index (χ1n) is 14.0. The zero-order valence-corrected chi connectivity index (χ0v) is 24.4. The van der Waals surface area contributed by atoms with Crippen LogP contribution in [0, 0.1) is 19.3 Å². The molecule has 208 valence electrons. The van der Waals surface area contributed by atoms with Gasteiger partial charge in [0.15, 0.2) is 10.9 Å². The first-order chi connectivity index (χ1) is 20.1. The van der Waals surface area contributed by atoms with Crippen LogP contribution in [-0.4, -0.2) is 16.7 Å². The lowest BCUT2D eigenvalue weighted by molar-refractivity contribution is -0.123. The van der Waals surface area contributed by atoms with E-state index in [1.54, 1.807) is 6.07 Å². The number of rotatable bonds is 1. The van der Waals surface area contributed by atoms with Gasteiger partial charge in [0.2, 0.25) is 5.91 Å². The van der Waals surface area contributed by atoms with Crippen molar-refractivity contribution in [1.29, 1.82) is 0 Å². The second-order valence-electron chi connectivity index (χ2n) is 12.4. The number of para-hydroxylation sites is 2. The van der Waals surface area contributed by atoms with Gasteiger partial charge in [-0.2, -0.15) is 0 Å². The number of nitrogens with one attached hydrogen (secondary N) is 1. The van der Waals surface area contributed by atoms with E-state index < -0.39 is 16.9 Å². The summed E-state index contributed by atoms with van der Waals surface area (Å²) in [5.74, 6) is -0.562. The van der Waals surface area contributed by atoms with Crippen LogP contribution < -0.4 is 15.8 Å². The van der Waals surface area contributed by atoms with E-state index in [9.17, 15) is 14.4 Å². The number of nitrogens with zero attached hydrogens (tertiary/aromatic N) is 2. The molecule has 2 aromatic heterocycles. The van der Waals surface area contributed by atoms with Gasteiger partial charge in [0.25, 0.3) is 0 Å². The molecule has 1 aliphatic carbocycles. The van der Waals surface area contributed by atoms with Gasteiger partial charge in [0, 0.05) is 34.3 Å². The number of allylic oxidation sites excluding steroid dienone is 1. The van der Waals surface area contributed by atoms with Crippen molar-refractivity contribution in [2.24, 2.45) is 5.41 Å². The Labute approximate surface area is 245 Å². The van der Waals surface area contributed by atoms with Gasteiger partial charge in [-0.3, -0.25) is 14.5 Å². The first-order valence-corrected chi connectivity index (χ1v) is 14.8. The predicted octanol–water partition coefficient (Wildman–Crippen LogP) is 7.05. The summed E-state index contributed by atoms with van der Waals surface area (Å²) < 4.78 is 6.97. The number of hydrogen-bond donors (Lipinski definition) is 1. The highest BCUT2D eigenvalue weighted by atomic mass is 32.1. The third kappa shape index (κ3) is 3.15. The van der Waals surface area contributed by atoms with E-state index >= 15 is 0 Å². The number of aryl methyl sites for hydroxylation is 2. The SMILES string of the molecule is Cc1cc(C)c2sc(N3C4=C(C(=O)CC(C)(C)C4)C4(C(=O)Nc5ccccc54)c4c3c3ccccc3oc4=O)nc2c1. The number of carbonyl (C=O) groups is 2. The molecule has 1 unspecified atom stereocenters. The monoisotopic (exact) mass is 573 g/mol. The number of amides is 1. The Morgan fingerprint density at radius 1 is 0.976 bits per heavy atom. The molecular formula is C34H27N3O4S. The molecular weight excluding hydrogens is 546 g/mol. The third-order valence-electron chi connectivity index (χ3n) is 8.80. The summed E-state index contributed by atoms with van der Waals surface area (Å²) in [5, 5.41) is 4.33. The van der Waals surface area contributed by atoms with Crippen LogP contribution in [0.1, 0.15) is 48.9 Å². The van der Waals surface area contributed by atoms with Crippen molar-refractivity contribution in [1.82, 2.24) is 4.98 Å². The van der Waals surface area contributed by atoms with E-state index in [0.29, 0.717) is 50.7 Å². The van der Waals surface area contributed by atoms with Crippen LogP contribution in [0.25, 0.3) is 21.2 Å². The minimum atomic E-state index is -1.64. The van der Waals surface area contributed by atoms with Gasteiger partial charge >= 0.3 is 5.63 Å². The summed E-state index contributed by atoms with van der Waals surface area (Å²) >= 11 is 1.53. The van der Waals surface area contributed by atoms with Crippen LogP contribution in [-0.2, 0) is 15.0 Å². The molecule has 1 spiro atoms. The van der Waals surface area contributed by atoms with Crippen LogP contribution in [0.3, 0.4) is 0 Å². The maximum Gasteiger partial charge on any atom is 0.343 e. The standard InChI is InChI=1S/C34H27N3O4S/c1-17-13-18(2)29-22(14-17)36-32(42-29)37-23-15-33(3,4)16-24(38)26(23)34(20-10-6-7-11-21(20)35-31(34)40)27-28(37)19-9-5-8-12-25(19)41-30(27)39/h5-14H,15-16H2,1-4H3,(H,35,40). The molecule has 1 atom stereocenters. The maximum atomic E-state index is 14.4. The number of fused-ring (bicyclic) bond motifs is 8. The summed E-state index contributed by atoms with van der Waals surface area (Å²) in [4.78, 5) is 50.1. The van der Waals surface area contributed by atoms with Crippen molar-refractivity contribution < 1.29 is 14.0 Å². The van der Waals surface area contributed by atoms with Gasteiger partial charge in [0.05, 0.1) is 21.5 Å². The van der Waals surface area contributed by atoms with E-state index in [-0.39, 0.29) is 23.2 Å². The normalized spacial score (nSPS) is 20.7. The molecule has 0 fully saturated rings. The van der Waals surface area contributed by atoms with Crippen molar-refractivity contribution in [2.75, 3.05) is 10.2 Å². The molecule has 42 heavy (non-hydrogen) atoms. The lowest BCUT2D eigenvalue weighted by atomic mass is 9.60. The Morgan fingerprint density at radius 2 is 1.74 bits per heavy atom. The molecule has 4 heterocycles. The van der Waals surface area contributed by atoms with Gasteiger partial charge in [-0.05, 0) is 61.1 Å². The molecule has 7 nitrogen and oxygen atoms in total. The highest BCUT2D eigenvalue weighted by molar-refractivity contribution is 7.22. The molecule has 3 aliphatic rings. The maximum absolute atomic E-state index is 14.4. The van der Waals surface area contributed by atoms with Gasteiger partial charge in [0.1, 0.15) is 11.0 Å². The van der Waals surface area contributed by atoms with E-state index in [2.05, 4.69) is 38.2 Å². The fraction of sp³-hybridized carbons (Fsp3) is 0.235. The number of thiazole rings is 1. The highest BCUT2D eigenvalue weighted by Gasteiger charge is 2.62. The Balaban J connectivity index is 1.59. The highest BCUT2D eigenvalue weighted by Crippen LogP contribution is 2.60. The second-order valence-corrected chi connectivity index (χ2v) is 13.4. The average Bonchev–Trinajstić information content (AvgIpc) is 3.47. The van der Waals surface area contributed by atoms with Crippen molar-refractivity contribution >= 4 is 60.7 Å². The number of anilines is 3. The fourth-order valence-electron chi connectivity index (χ4n) is 7.29. The van der Waals surface area contributed by atoms with Gasteiger partial charge in [-0.25, -0.2) is 9.78 Å². The number of hydrogen-bond acceptors (Lipinski definition) is 7. The molecule has 1 amide bonds. The molecule has 0 saturated heterocycles. The summed E-state index contributed by atoms with van der Waals surface area (Å²) in [6.07, 6.45) is 0.774. The van der Waals surface area contributed by atoms with E-state index in [0.717, 1.165) is 21.3 Å². The molecule has 1 N–H and O–H groups in total. The van der Waals surface area contributed by atoms with Gasteiger partial charge in [-0.15, -0.1) is 0 Å². The van der Waals surface area contributed by atoms with Crippen LogP contribution in [0.15, 0.2) is 81.1 Å². The van der Waals surface area contributed by atoms with Crippen molar-refractivity contribution in [3.8, 4) is 0 Å². The van der Waals surface area contributed by atoms with E-state index in [1.165, 1.54) is 11.3 Å². The summed E-state index contributed by atoms with van der Waals surface area (Å²) in [5.41, 5.74) is 3.75. The quantitative estimate of drug-likeness (QED) is 0.216. The van der Waals surface area contributed by atoms with E-state index in [4.69, 9.17) is 9.40 Å². The van der Waals surface area contributed by atoms with E-state index in [1.807, 2.05) is 54.3 Å². The van der Waals surface area contributed by atoms with Crippen LogP contribution >= 0.6 is 11.3 Å². The van der Waals surface area contributed by atoms with Crippen molar-refractivity contribution in [3.63, 3.8) is 0 Å². The molecule has 2 aliphatic heterocycles. The van der Waals surface area contributed by atoms with Crippen LogP contribution in [0.4, 0.5) is 16.5 Å². The zero-order chi connectivity index (χ0) is 29.1. The van der Waals surface area contributed by atoms with Crippen LogP contribution in [0.5, 0.6) is 0 Å². The first kappa shape index (κ1) is 25.2. The molecule has 0 radical (unpaired) electrons. The largest absolute Gasteiger partial charge is 0.422 e. The molecule has 0 bridgehead atoms. The molecule has 5 aromatic rings. The number of ketones is 1. The molecule has 0 saturated carbocycles. The topological polar surface area (TPSA) is 92.5 Å². The molecule has 8 rings (SSSR count). The Kier molecular flexibility index (Phi) is 4.95. The lowest BCUT2D eigenvalue weighted by Gasteiger charge is -2.46. The average molecular weight is 574 g/mol. The number of benzene rings is 3. The third-order valence-corrected chi connectivity index (χ3v) is 9.99. The minimum absolute atomic E-state index is 0.149. The Morgan fingerprint density at radius 3 is 2.57 bits per heavy atom. The summed E-state index contributed by atoms with van der Waals surface area (Å²) in [6.45, 7) is 8.25. The second kappa shape index (κ2) is 8.26. The zero-order valence-electron chi connectivity index (χ0n) is 23.6. The van der Waals surface area contributed by atoms with Gasteiger partial charge in [-0.1, -0.05) is 61.6 Å². The smallest absolute Gasteiger partial charge is 0.343 e. The van der Waals surface area contributed by atoms with Crippen molar-refractivity contribution in [3.05, 3.63) is 105 Å². The lowest BCUT2D eigenvalue weighted by Crippen LogP contribution is -2.52. The summed E-state index contributed by atoms with van der Waals surface area (Å²) in [6, 6.07) is 18.9. The number of aromatic nitrogens is 1. The summed E-state index contributed by atoms with van der Waals surface area (Å²) in [7, 11) is 0. The molecule has 8 heteroatoms. The van der Waals surface area contributed by atoms with Crippen LogP contribution in [0.2, 0.25) is 0 Å². The predicted molar refractivity (Wildman–Crippen MR) is 165 cm³/mol. The minimum Gasteiger partial charge on any atom is -0.422 e. The van der Waals surface area contributed by atoms with Crippen molar-refractivity contribution in [2.45, 2.75) is 46.0 Å². The van der Waals surface area contributed by atoms with Gasteiger partial charge < -0.3 is 9.73 Å². The Hall–Kier alpha value is -4.56. The molecule has 3 aromatic carbocycles. The number of Topliss-reactive ketones (excluding diaryl/α,β-unsaturated/α-hetero) is 1. The fourth-order valence-corrected chi connectivity index (χ4v) is 8.33. The Bertz CT molecular complexity index is 2150.